The van der Waals surface area contributed by atoms with Gasteiger partial charge in [0.1, 0.15) is 5.75 Å². The van der Waals surface area contributed by atoms with Gasteiger partial charge in [0.15, 0.2) is 0 Å². The van der Waals surface area contributed by atoms with Crippen LogP contribution in [0.3, 0.4) is 0 Å². The molecule has 0 spiro atoms. The van der Waals surface area contributed by atoms with E-state index in [2.05, 4.69) is 32.9 Å². The van der Waals surface area contributed by atoms with E-state index < -0.39 is 5.60 Å². The van der Waals surface area contributed by atoms with Crippen molar-refractivity contribution in [2.45, 2.75) is 58.0 Å². The minimum atomic E-state index is -0.739. The fourth-order valence-electron chi connectivity index (χ4n) is 2.07. The molecule has 20 heavy (non-hydrogen) atoms. The predicted molar refractivity (Wildman–Crippen MR) is 84.2 cm³/mol. The molecule has 0 saturated carbocycles. The third kappa shape index (κ3) is 5.14. The van der Waals surface area contributed by atoms with Crippen molar-refractivity contribution in [1.29, 1.82) is 0 Å². The first-order valence-corrected chi connectivity index (χ1v) is 7.46. The highest BCUT2D eigenvalue weighted by Crippen LogP contribution is 2.25. The zero-order valence-corrected chi connectivity index (χ0v) is 13.3. The number of hydrogen-bond donors (Lipinski definition) is 2. The molecule has 0 amide bonds. The Morgan fingerprint density at radius 2 is 1.95 bits per heavy atom. The Morgan fingerprint density at radius 3 is 2.50 bits per heavy atom. The van der Waals surface area contributed by atoms with Gasteiger partial charge < -0.3 is 15.6 Å². The molecule has 1 aromatic carbocycles. The van der Waals surface area contributed by atoms with Crippen molar-refractivity contribution in [3.05, 3.63) is 29.8 Å². The minimum absolute atomic E-state index is 0.126. The van der Waals surface area contributed by atoms with Gasteiger partial charge in [0.05, 0.1) is 12.2 Å². The van der Waals surface area contributed by atoms with Crippen molar-refractivity contribution in [2.75, 3.05) is 13.2 Å². The van der Waals surface area contributed by atoms with E-state index in [0.29, 0.717) is 26.0 Å². The Morgan fingerprint density at radius 1 is 1.25 bits per heavy atom. The van der Waals surface area contributed by atoms with Crippen LogP contribution >= 0.6 is 0 Å². The second-order valence-electron chi connectivity index (χ2n) is 6.51. The molecule has 1 unspecified atom stereocenters. The lowest BCUT2D eigenvalue weighted by molar-refractivity contribution is 0.0309. The molecule has 3 heteroatoms. The third-order valence-corrected chi connectivity index (χ3v) is 3.79. The molecular formula is C17H29NO2. The molecule has 114 valence electrons. The third-order valence-electron chi connectivity index (χ3n) is 3.79. The molecular weight excluding hydrogens is 250 g/mol. The molecule has 0 saturated heterocycles. The van der Waals surface area contributed by atoms with Gasteiger partial charge in [-0.15, -0.1) is 0 Å². The van der Waals surface area contributed by atoms with Gasteiger partial charge in [0, 0.05) is 6.54 Å². The number of rotatable bonds is 7. The first-order valence-electron chi connectivity index (χ1n) is 7.46. The molecule has 0 bridgehead atoms. The van der Waals surface area contributed by atoms with E-state index >= 15 is 0 Å². The van der Waals surface area contributed by atoms with E-state index in [9.17, 15) is 5.11 Å². The Kier molecular flexibility index (Phi) is 6.03. The number of ether oxygens (including phenoxy) is 1. The number of hydrogen-bond acceptors (Lipinski definition) is 3. The van der Waals surface area contributed by atoms with Crippen LogP contribution in [0.5, 0.6) is 5.75 Å². The fourth-order valence-corrected chi connectivity index (χ4v) is 2.07. The molecule has 1 atom stereocenters. The van der Waals surface area contributed by atoms with Gasteiger partial charge in [-0.05, 0) is 42.4 Å². The molecule has 0 heterocycles. The lowest BCUT2D eigenvalue weighted by Gasteiger charge is -2.24. The molecule has 0 fully saturated rings. The highest BCUT2D eigenvalue weighted by molar-refractivity contribution is 5.32. The summed E-state index contributed by atoms with van der Waals surface area (Å²) in [5.74, 6) is 0.894. The Labute approximate surface area is 123 Å². The molecule has 3 N–H and O–H groups in total. The molecule has 0 aliphatic carbocycles. The van der Waals surface area contributed by atoms with E-state index in [-0.39, 0.29) is 5.41 Å². The first-order chi connectivity index (χ1) is 9.30. The van der Waals surface area contributed by atoms with Crippen LogP contribution in [0.4, 0.5) is 0 Å². The van der Waals surface area contributed by atoms with Gasteiger partial charge in [-0.3, -0.25) is 0 Å². The molecule has 1 rings (SSSR count). The number of nitrogens with two attached hydrogens (primary N) is 1. The van der Waals surface area contributed by atoms with E-state index in [4.69, 9.17) is 10.5 Å². The van der Waals surface area contributed by atoms with Crippen LogP contribution in [-0.2, 0) is 5.41 Å². The summed E-state index contributed by atoms with van der Waals surface area (Å²) in [7, 11) is 0. The smallest absolute Gasteiger partial charge is 0.119 e. The summed E-state index contributed by atoms with van der Waals surface area (Å²) in [5.41, 5.74) is 6.24. The second kappa shape index (κ2) is 7.09. The molecule has 0 aromatic heterocycles. The van der Waals surface area contributed by atoms with Crippen molar-refractivity contribution in [3.63, 3.8) is 0 Å². The zero-order valence-electron chi connectivity index (χ0n) is 13.3. The summed E-state index contributed by atoms with van der Waals surface area (Å²) < 4.78 is 5.77. The summed E-state index contributed by atoms with van der Waals surface area (Å²) >= 11 is 0. The molecule has 3 nitrogen and oxygen atoms in total. The van der Waals surface area contributed by atoms with Crippen LogP contribution < -0.4 is 10.5 Å². The Hall–Kier alpha value is -1.06. The SMILES string of the molecule is CCC(O)(CN)CCCOc1cccc(C(C)(C)C)c1. The minimum Gasteiger partial charge on any atom is -0.494 e. The Bertz CT molecular complexity index is 406. The van der Waals surface area contributed by atoms with Crippen LogP contribution in [0.1, 0.15) is 52.5 Å². The van der Waals surface area contributed by atoms with Gasteiger partial charge >= 0.3 is 0 Å². The predicted octanol–water partition coefficient (Wildman–Crippen LogP) is 3.24. The van der Waals surface area contributed by atoms with E-state index in [1.165, 1.54) is 5.56 Å². The van der Waals surface area contributed by atoms with Crippen molar-refractivity contribution in [1.82, 2.24) is 0 Å². The number of aliphatic hydroxyl groups is 1. The van der Waals surface area contributed by atoms with Gasteiger partial charge in [-0.1, -0.05) is 39.8 Å². The highest BCUT2D eigenvalue weighted by Gasteiger charge is 2.21. The van der Waals surface area contributed by atoms with Gasteiger partial charge in [0.25, 0.3) is 0 Å². The van der Waals surface area contributed by atoms with Gasteiger partial charge in [-0.25, -0.2) is 0 Å². The first kappa shape index (κ1) is 17.0. The molecule has 0 radical (unpaired) electrons. The molecule has 0 aliphatic heterocycles. The maximum Gasteiger partial charge on any atom is 0.119 e. The van der Waals surface area contributed by atoms with Gasteiger partial charge in [-0.2, -0.15) is 0 Å². The number of benzene rings is 1. The lowest BCUT2D eigenvalue weighted by atomic mass is 9.87. The highest BCUT2D eigenvalue weighted by atomic mass is 16.5. The zero-order chi connectivity index (χ0) is 15.2. The van der Waals surface area contributed by atoms with Crippen LogP contribution in [0, 0.1) is 0 Å². The molecule has 1 aromatic rings. The topological polar surface area (TPSA) is 55.5 Å². The van der Waals surface area contributed by atoms with E-state index in [1.54, 1.807) is 0 Å². The summed E-state index contributed by atoms with van der Waals surface area (Å²) in [5, 5.41) is 10.1. The maximum atomic E-state index is 10.1. The second-order valence-corrected chi connectivity index (χ2v) is 6.51. The van der Waals surface area contributed by atoms with Crippen molar-refractivity contribution in [3.8, 4) is 5.75 Å². The van der Waals surface area contributed by atoms with E-state index in [1.807, 2.05) is 19.1 Å². The van der Waals surface area contributed by atoms with Crippen molar-refractivity contribution < 1.29 is 9.84 Å². The monoisotopic (exact) mass is 279 g/mol. The standard InChI is InChI=1S/C17H29NO2/c1-5-17(19,13-18)10-7-11-20-15-9-6-8-14(12-15)16(2,3)4/h6,8-9,12,19H,5,7,10-11,13,18H2,1-4H3. The van der Waals surface area contributed by atoms with Crippen LogP contribution in [0.15, 0.2) is 24.3 Å². The fraction of sp³-hybridized carbons (Fsp3) is 0.647. The largest absolute Gasteiger partial charge is 0.494 e. The summed E-state index contributed by atoms with van der Waals surface area (Å²) in [4.78, 5) is 0. The van der Waals surface area contributed by atoms with Gasteiger partial charge in [0.2, 0.25) is 0 Å². The van der Waals surface area contributed by atoms with Crippen LogP contribution in [0.25, 0.3) is 0 Å². The normalized spacial score (nSPS) is 14.9. The van der Waals surface area contributed by atoms with Crippen LogP contribution in [0.2, 0.25) is 0 Å². The maximum absolute atomic E-state index is 10.1. The van der Waals surface area contributed by atoms with Crippen molar-refractivity contribution >= 4 is 0 Å². The van der Waals surface area contributed by atoms with Crippen LogP contribution in [-0.4, -0.2) is 23.9 Å². The Balaban J connectivity index is 2.47. The average molecular weight is 279 g/mol. The average Bonchev–Trinajstić information content (AvgIpc) is 2.43. The lowest BCUT2D eigenvalue weighted by Crippen LogP contribution is -2.37. The molecule has 0 aliphatic rings. The van der Waals surface area contributed by atoms with Crippen molar-refractivity contribution in [2.24, 2.45) is 5.73 Å². The quantitative estimate of drug-likeness (QED) is 0.753. The summed E-state index contributed by atoms with van der Waals surface area (Å²) in [6.07, 6.45) is 2.17. The summed E-state index contributed by atoms with van der Waals surface area (Å²) in [6.45, 7) is 9.44. The summed E-state index contributed by atoms with van der Waals surface area (Å²) in [6, 6.07) is 8.22. The van der Waals surface area contributed by atoms with E-state index in [0.717, 1.165) is 12.2 Å².